The smallest absolute Gasteiger partial charge is 0.337 e. The maximum atomic E-state index is 12.0. The first-order valence-corrected chi connectivity index (χ1v) is 10.0. The first-order chi connectivity index (χ1) is 13.2. The van der Waals surface area contributed by atoms with Gasteiger partial charge >= 0.3 is 5.97 Å². The monoisotopic (exact) mass is 623 g/mol. The summed E-state index contributed by atoms with van der Waals surface area (Å²) in [5, 5.41) is 25.2. The molecule has 2 aromatic carbocycles. The van der Waals surface area contributed by atoms with Gasteiger partial charge in [0.15, 0.2) is 5.11 Å². The molecule has 2 aromatic rings. The number of rotatable bonds is 5. The third-order valence-electron chi connectivity index (χ3n) is 3.27. The lowest BCUT2D eigenvalue weighted by atomic mass is 10.2. The number of aromatic carboxylic acids is 1. The number of benzene rings is 2. The normalized spacial score (nSPS) is 10.5. The third kappa shape index (κ3) is 6.20. The van der Waals surface area contributed by atoms with Gasteiger partial charge in [-0.3, -0.25) is 20.2 Å². The molecule has 0 radical (unpaired) electrons. The zero-order chi connectivity index (χ0) is 20.8. The minimum Gasteiger partial charge on any atom is -0.478 e. The van der Waals surface area contributed by atoms with E-state index >= 15 is 0 Å². The van der Waals surface area contributed by atoms with Crippen molar-refractivity contribution in [1.29, 1.82) is 0 Å². The van der Waals surface area contributed by atoms with Crippen LogP contribution < -0.4 is 10.6 Å². The number of anilines is 1. The van der Waals surface area contributed by atoms with Crippen LogP contribution in [-0.2, 0) is 4.79 Å². The molecule has 0 saturated heterocycles. The fourth-order valence-electron chi connectivity index (χ4n) is 2.08. The van der Waals surface area contributed by atoms with Gasteiger partial charge in [0.2, 0.25) is 5.91 Å². The Labute approximate surface area is 191 Å². The van der Waals surface area contributed by atoms with Gasteiger partial charge in [-0.1, -0.05) is 12.1 Å². The number of hydrogen-bond acceptors (Lipinski definition) is 5. The number of nitro groups is 1. The molecule has 11 heteroatoms. The lowest BCUT2D eigenvalue weighted by molar-refractivity contribution is -0.384. The van der Waals surface area contributed by atoms with Crippen molar-refractivity contribution in [3.8, 4) is 0 Å². The molecular weight excluding hydrogens is 612 g/mol. The van der Waals surface area contributed by atoms with Crippen LogP contribution in [0.3, 0.4) is 0 Å². The molecular formula is C17H11I2N3O5S. The van der Waals surface area contributed by atoms with Crippen molar-refractivity contribution in [2.45, 2.75) is 0 Å². The molecule has 0 aromatic heterocycles. The second-order valence-corrected chi connectivity index (χ2v) is 8.06. The SMILES string of the molecule is O=C(/C=C/c1cccc([N+](=O)[O-])c1)NC(=S)Nc1c(I)cc(I)cc1C(=O)O. The topological polar surface area (TPSA) is 122 Å². The summed E-state index contributed by atoms with van der Waals surface area (Å²) in [6.07, 6.45) is 2.58. The number of carbonyl (C=O) groups excluding carboxylic acids is 1. The molecule has 0 heterocycles. The van der Waals surface area contributed by atoms with Gasteiger partial charge in [-0.25, -0.2) is 4.79 Å². The zero-order valence-electron chi connectivity index (χ0n) is 13.8. The summed E-state index contributed by atoms with van der Waals surface area (Å²) in [6, 6.07) is 9.05. The molecule has 0 fully saturated rings. The van der Waals surface area contributed by atoms with E-state index in [1.807, 2.05) is 45.2 Å². The first kappa shape index (κ1) is 22.2. The Hall–Kier alpha value is -2.13. The summed E-state index contributed by atoms with van der Waals surface area (Å²) in [7, 11) is 0. The van der Waals surface area contributed by atoms with Gasteiger partial charge in [0.05, 0.1) is 16.2 Å². The summed E-state index contributed by atoms with van der Waals surface area (Å²) in [5.74, 6) is -1.69. The van der Waals surface area contributed by atoms with Crippen molar-refractivity contribution in [2.24, 2.45) is 0 Å². The van der Waals surface area contributed by atoms with Crippen molar-refractivity contribution in [3.05, 3.63) is 70.9 Å². The van der Waals surface area contributed by atoms with E-state index < -0.39 is 16.8 Å². The van der Waals surface area contributed by atoms with E-state index in [1.165, 1.54) is 36.4 Å². The largest absolute Gasteiger partial charge is 0.478 e. The molecule has 0 unspecified atom stereocenters. The van der Waals surface area contributed by atoms with Crippen LogP contribution in [0.4, 0.5) is 11.4 Å². The van der Waals surface area contributed by atoms with Gasteiger partial charge in [0.1, 0.15) is 0 Å². The van der Waals surface area contributed by atoms with Crippen LogP contribution in [0.5, 0.6) is 0 Å². The molecule has 0 saturated carbocycles. The van der Waals surface area contributed by atoms with E-state index in [-0.39, 0.29) is 22.1 Å². The number of amides is 1. The molecule has 0 bridgehead atoms. The van der Waals surface area contributed by atoms with Gasteiger partial charge < -0.3 is 10.4 Å². The number of halogens is 2. The highest BCUT2D eigenvalue weighted by Gasteiger charge is 2.16. The molecule has 0 atom stereocenters. The fourth-order valence-corrected chi connectivity index (χ4v) is 4.26. The molecule has 8 nitrogen and oxygen atoms in total. The van der Waals surface area contributed by atoms with E-state index in [2.05, 4.69) is 10.6 Å². The Morgan fingerprint density at radius 1 is 1.21 bits per heavy atom. The average Bonchev–Trinajstić information content (AvgIpc) is 2.62. The van der Waals surface area contributed by atoms with Crippen LogP contribution >= 0.6 is 57.4 Å². The van der Waals surface area contributed by atoms with E-state index in [9.17, 15) is 24.8 Å². The highest BCUT2D eigenvalue weighted by Crippen LogP contribution is 2.26. The van der Waals surface area contributed by atoms with Gasteiger partial charge in [-0.15, -0.1) is 0 Å². The number of nitrogens with zero attached hydrogens (tertiary/aromatic N) is 1. The van der Waals surface area contributed by atoms with E-state index in [0.29, 0.717) is 9.13 Å². The molecule has 2 rings (SSSR count). The van der Waals surface area contributed by atoms with Crippen LogP contribution in [0.1, 0.15) is 15.9 Å². The van der Waals surface area contributed by atoms with Crippen LogP contribution in [-0.4, -0.2) is 27.0 Å². The number of nitro benzene ring substituents is 1. The number of thiocarbonyl (C=S) groups is 1. The Morgan fingerprint density at radius 2 is 1.93 bits per heavy atom. The second kappa shape index (κ2) is 9.88. The van der Waals surface area contributed by atoms with Gasteiger partial charge in [-0.05, 0) is 81.2 Å². The maximum Gasteiger partial charge on any atom is 0.337 e. The highest BCUT2D eigenvalue weighted by molar-refractivity contribution is 14.1. The van der Waals surface area contributed by atoms with Gasteiger partial charge in [-0.2, -0.15) is 0 Å². The number of carbonyl (C=O) groups is 2. The van der Waals surface area contributed by atoms with Crippen molar-refractivity contribution in [2.75, 3.05) is 5.32 Å². The summed E-state index contributed by atoms with van der Waals surface area (Å²) in [4.78, 5) is 33.7. The number of non-ortho nitro benzene ring substituents is 1. The summed E-state index contributed by atoms with van der Waals surface area (Å²) < 4.78 is 1.38. The van der Waals surface area contributed by atoms with Crippen LogP contribution in [0.15, 0.2) is 42.5 Å². The fraction of sp³-hybridized carbons (Fsp3) is 0. The third-order valence-corrected chi connectivity index (χ3v) is 4.95. The Balaban J connectivity index is 2.08. The Morgan fingerprint density at radius 3 is 2.57 bits per heavy atom. The van der Waals surface area contributed by atoms with Crippen LogP contribution in [0.2, 0.25) is 0 Å². The molecule has 3 N–H and O–H groups in total. The van der Waals surface area contributed by atoms with Gasteiger partial charge in [0, 0.05) is 25.3 Å². The number of hydrogen-bond donors (Lipinski definition) is 3. The minimum atomic E-state index is -1.13. The lowest BCUT2D eigenvalue weighted by Gasteiger charge is -2.13. The van der Waals surface area contributed by atoms with E-state index in [0.717, 1.165) is 3.57 Å². The summed E-state index contributed by atoms with van der Waals surface area (Å²) in [6.45, 7) is 0. The number of carboxylic acid groups (broad SMARTS) is 1. The molecule has 144 valence electrons. The molecule has 0 aliphatic carbocycles. The van der Waals surface area contributed by atoms with Crippen LogP contribution in [0.25, 0.3) is 6.08 Å². The molecule has 1 amide bonds. The number of nitrogens with one attached hydrogen (secondary N) is 2. The zero-order valence-corrected chi connectivity index (χ0v) is 18.9. The van der Waals surface area contributed by atoms with Gasteiger partial charge in [0.25, 0.3) is 5.69 Å². The Bertz CT molecular complexity index is 1010. The standard InChI is InChI=1S/C17H11I2N3O5S/c18-10-7-12(16(24)25)15(13(19)8-10)21-17(28)20-14(23)5-4-9-2-1-3-11(6-9)22(26)27/h1-8H,(H,24,25)(H2,20,21,23,28)/b5-4+. The molecule has 0 spiro atoms. The quantitative estimate of drug-likeness (QED) is 0.151. The predicted octanol–water partition coefficient (Wildman–Crippen LogP) is 4.03. The van der Waals surface area contributed by atoms with E-state index in [4.69, 9.17) is 12.2 Å². The minimum absolute atomic E-state index is 0.0278. The van der Waals surface area contributed by atoms with Crippen LogP contribution in [0, 0.1) is 17.3 Å². The number of carboxylic acids is 1. The predicted molar refractivity (Wildman–Crippen MR) is 125 cm³/mol. The molecule has 28 heavy (non-hydrogen) atoms. The van der Waals surface area contributed by atoms with Crippen molar-refractivity contribution in [1.82, 2.24) is 5.32 Å². The second-order valence-electron chi connectivity index (χ2n) is 5.24. The first-order valence-electron chi connectivity index (χ1n) is 7.44. The lowest BCUT2D eigenvalue weighted by Crippen LogP contribution is -2.33. The van der Waals surface area contributed by atoms with Crippen molar-refractivity contribution >= 4 is 91.8 Å². The van der Waals surface area contributed by atoms with Crippen molar-refractivity contribution in [3.63, 3.8) is 0 Å². The average molecular weight is 623 g/mol. The summed E-state index contributed by atoms with van der Waals surface area (Å²) in [5.41, 5.74) is 0.694. The molecule has 0 aliphatic rings. The maximum absolute atomic E-state index is 12.0. The Kier molecular flexibility index (Phi) is 7.82. The van der Waals surface area contributed by atoms with E-state index in [1.54, 1.807) is 12.1 Å². The van der Waals surface area contributed by atoms with Crippen molar-refractivity contribution < 1.29 is 19.6 Å². The highest BCUT2D eigenvalue weighted by atomic mass is 127. The summed E-state index contributed by atoms with van der Waals surface area (Å²) >= 11 is 9.05. The molecule has 0 aliphatic heterocycles.